The molecule has 0 aliphatic heterocycles. The summed E-state index contributed by atoms with van der Waals surface area (Å²) in [6, 6.07) is 0. The quantitative estimate of drug-likeness (QED) is 0.138. The maximum Gasteiger partial charge on any atom is 0.134 e. The molecular formula is C22H46N2O2. The lowest BCUT2D eigenvalue weighted by Crippen LogP contribution is -2.23. The summed E-state index contributed by atoms with van der Waals surface area (Å²) in [5, 5.41) is 7.66. The summed E-state index contributed by atoms with van der Waals surface area (Å²) >= 11 is 0. The SMILES string of the molecule is CCCCCCCCC(C)(C)ON=NOC(C)(C)CCCCCCCC. The van der Waals surface area contributed by atoms with Crippen LogP contribution in [0.25, 0.3) is 0 Å². The molecule has 0 heterocycles. The molecule has 0 saturated carbocycles. The molecule has 0 aromatic carbocycles. The normalized spacial score (nSPS) is 12.7. The highest BCUT2D eigenvalue weighted by Crippen LogP contribution is 2.22. The van der Waals surface area contributed by atoms with E-state index in [1.165, 1.54) is 77.0 Å². The van der Waals surface area contributed by atoms with Crippen molar-refractivity contribution in [3.63, 3.8) is 0 Å². The van der Waals surface area contributed by atoms with Gasteiger partial charge in [0, 0.05) is 0 Å². The number of hydrogen-bond acceptors (Lipinski definition) is 4. The van der Waals surface area contributed by atoms with Crippen molar-refractivity contribution in [2.75, 3.05) is 0 Å². The van der Waals surface area contributed by atoms with Crippen molar-refractivity contribution in [2.45, 2.75) is 143 Å². The van der Waals surface area contributed by atoms with Crippen LogP contribution in [0, 0.1) is 0 Å². The summed E-state index contributed by atoms with van der Waals surface area (Å²) in [6.45, 7) is 12.8. The van der Waals surface area contributed by atoms with Crippen LogP contribution in [0.3, 0.4) is 0 Å². The Labute approximate surface area is 163 Å². The minimum atomic E-state index is -0.277. The second kappa shape index (κ2) is 15.3. The van der Waals surface area contributed by atoms with Gasteiger partial charge in [0.25, 0.3) is 0 Å². The molecule has 0 bridgehead atoms. The summed E-state index contributed by atoms with van der Waals surface area (Å²) in [5.74, 6) is 0. The van der Waals surface area contributed by atoms with Crippen molar-refractivity contribution in [3.8, 4) is 0 Å². The van der Waals surface area contributed by atoms with Crippen LogP contribution in [-0.4, -0.2) is 11.2 Å². The van der Waals surface area contributed by atoms with Gasteiger partial charge in [-0.05, 0) is 53.4 Å². The molecule has 0 aliphatic rings. The third-order valence-corrected chi connectivity index (χ3v) is 4.87. The molecule has 0 aromatic rings. The molecule has 0 radical (unpaired) electrons. The standard InChI is InChI=1S/C22H46N2O2/c1-7-9-11-13-15-17-19-21(3,4)25-23-24-26-22(5,6)20-18-16-14-12-10-8-2/h7-20H2,1-6H3. The zero-order valence-electron chi connectivity index (χ0n) is 18.6. The van der Waals surface area contributed by atoms with Crippen LogP contribution in [0.4, 0.5) is 0 Å². The molecule has 0 unspecified atom stereocenters. The molecule has 0 fully saturated rings. The topological polar surface area (TPSA) is 43.2 Å². The average Bonchev–Trinajstić information content (AvgIpc) is 2.58. The van der Waals surface area contributed by atoms with Crippen molar-refractivity contribution in [3.05, 3.63) is 0 Å². The van der Waals surface area contributed by atoms with E-state index in [1.54, 1.807) is 0 Å². The Morgan fingerprint density at radius 1 is 0.500 bits per heavy atom. The van der Waals surface area contributed by atoms with Gasteiger partial charge < -0.3 is 9.68 Å². The van der Waals surface area contributed by atoms with Gasteiger partial charge in [-0.1, -0.05) is 78.1 Å². The van der Waals surface area contributed by atoms with Crippen LogP contribution in [0.2, 0.25) is 0 Å². The highest BCUT2D eigenvalue weighted by molar-refractivity contribution is 4.68. The fourth-order valence-corrected chi connectivity index (χ4v) is 3.01. The van der Waals surface area contributed by atoms with E-state index in [4.69, 9.17) is 9.68 Å². The van der Waals surface area contributed by atoms with Crippen molar-refractivity contribution >= 4 is 0 Å². The molecule has 0 amide bonds. The first-order valence-electron chi connectivity index (χ1n) is 11.1. The van der Waals surface area contributed by atoms with Gasteiger partial charge in [-0.3, -0.25) is 0 Å². The first-order valence-corrected chi connectivity index (χ1v) is 11.1. The van der Waals surface area contributed by atoms with E-state index < -0.39 is 0 Å². The molecule has 0 atom stereocenters. The number of hydrogen-bond donors (Lipinski definition) is 0. The molecule has 0 N–H and O–H groups in total. The molecule has 0 saturated heterocycles. The van der Waals surface area contributed by atoms with Crippen molar-refractivity contribution in [1.82, 2.24) is 0 Å². The summed E-state index contributed by atoms with van der Waals surface area (Å²) < 4.78 is 0. The summed E-state index contributed by atoms with van der Waals surface area (Å²) in [7, 11) is 0. The first-order chi connectivity index (χ1) is 12.3. The van der Waals surface area contributed by atoms with E-state index in [-0.39, 0.29) is 11.2 Å². The fourth-order valence-electron chi connectivity index (χ4n) is 3.01. The number of unbranched alkanes of at least 4 members (excludes halogenated alkanes) is 10. The second-order valence-corrected chi connectivity index (χ2v) is 8.90. The second-order valence-electron chi connectivity index (χ2n) is 8.90. The van der Waals surface area contributed by atoms with Gasteiger partial charge in [0.05, 0.1) is 10.6 Å². The monoisotopic (exact) mass is 370 g/mol. The average molecular weight is 371 g/mol. The Morgan fingerprint density at radius 2 is 0.808 bits per heavy atom. The lowest BCUT2D eigenvalue weighted by Gasteiger charge is -2.23. The maximum atomic E-state index is 5.56. The largest absolute Gasteiger partial charge is 0.371 e. The molecule has 26 heavy (non-hydrogen) atoms. The highest BCUT2D eigenvalue weighted by Gasteiger charge is 2.21. The molecule has 4 heteroatoms. The van der Waals surface area contributed by atoms with Crippen molar-refractivity contribution in [2.24, 2.45) is 10.6 Å². The van der Waals surface area contributed by atoms with Crippen LogP contribution in [0.1, 0.15) is 131 Å². The summed E-state index contributed by atoms with van der Waals surface area (Å²) in [5.41, 5.74) is -0.553. The smallest absolute Gasteiger partial charge is 0.134 e. The van der Waals surface area contributed by atoms with Gasteiger partial charge in [-0.15, -0.1) is 0 Å². The fraction of sp³-hybridized carbons (Fsp3) is 1.00. The molecule has 0 aromatic heterocycles. The molecule has 0 aliphatic carbocycles. The Bertz CT molecular complexity index is 309. The lowest BCUT2D eigenvalue weighted by molar-refractivity contribution is -0.0946. The minimum Gasteiger partial charge on any atom is -0.371 e. The summed E-state index contributed by atoms with van der Waals surface area (Å²) in [6.07, 6.45) is 17.5. The Kier molecular flexibility index (Phi) is 14.8. The van der Waals surface area contributed by atoms with Gasteiger partial charge in [0.1, 0.15) is 11.2 Å². The Morgan fingerprint density at radius 3 is 1.15 bits per heavy atom. The van der Waals surface area contributed by atoms with Crippen molar-refractivity contribution in [1.29, 1.82) is 0 Å². The van der Waals surface area contributed by atoms with E-state index in [0.29, 0.717) is 0 Å². The zero-order valence-corrected chi connectivity index (χ0v) is 18.6. The minimum absolute atomic E-state index is 0.277. The molecule has 4 nitrogen and oxygen atoms in total. The van der Waals surface area contributed by atoms with Crippen LogP contribution >= 0.6 is 0 Å². The van der Waals surface area contributed by atoms with Gasteiger partial charge >= 0.3 is 0 Å². The van der Waals surface area contributed by atoms with E-state index in [2.05, 4.69) is 52.1 Å². The Balaban J connectivity index is 3.82. The molecule has 0 rings (SSSR count). The van der Waals surface area contributed by atoms with Crippen LogP contribution in [0.5, 0.6) is 0 Å². The lowest BCUT2D eigenvalue weighted by atomic mass is 10.00. The van der Waals surface area contributed by atoms with Gasteiger partial charge in [0.15, 0.2) is 0 Å². The first kappa shape index (κ1) is 25.2. The molecule has 0 spiro atoms. The van der Waals surface area contributed by atoms with Crippen molar-refractivity contribution < 1.29 is 9.68 Å². The van der Waals surface area contributed by atoms with Gasteiger partial charge in [0.2, 0.25) is 0 Å². The van der Waals surface area contributed by atoms with E-state index >= 15 is 0 Å². The molecule has 156 valence electrons. The predicted molar refractivity (Wildman–Crippen MR) is 111 cm³/mol. The third-order valence-electron chi connectivity index (χ3n) is 4.87. The van der Waals surface area contributed by atoms with E-state index in [0.717, 1.165) is 12.8 Å². The number of rotatable bonds is 18. The predicted octanol–water partition coefficient (Wildman–Crippen LogP) is 8.36. The molecular weight excluding hydrogens is 324 g/mol. The van der Waals surface area contributed by atoms with E-state index in [1.807, 2.05) is 0 Å². The highest BCUT2D eigenvalue weighted by atomic mass is 16.7. The Hall–Kier alpha value is -0.800. The van der Waals surface area contributed by atoms with Gasteiger partial charge in [-0.25, -0.2) is 0 Å². The number of nitrogens with zero attached hydrogens (tertiary/aromatic N) is 2. The summed E-state index contributed by atoms with van der Waals surface area (Å²) in [4.78, 5) is 11.1. The van der Waals surface area contributed by atoms with E-state index in [9.17, 15) is 0 Å². The third kappa shape index (κ3) is 16.7. The van der Waals surface area contributed by atoms with Crippen LogP contribution < -0.4 is 0 Å². The van der Waals surface area contributed by atoms with Gasteiger partial charge in [-0.2, -0.15) is 0 Å². The van der Waals surface area contributed by atoms with Crippen LogP contribution in [-0.2, 0) is 9.68 Å². The maximum absolute atomic E-state index is 5.56. The zero-order chi connectivity index (χ0) is 19.7. The van der Waals surface area contributed by atoms with Crippen LogP contribution in [0.15, 0.2) is 10.6 Å².